The summed E-state index contributed by atoms with van der Waals surface area (Å²) in [6.45, 7) is 1.95. The fraction of sp³-hybridized carbons (Fsp3) is 0.263. The minimum Gasteiger partial charge on any atom is -0.455 e. The van der Waals surface area contributed by atoms with Crippen LogP contribution in [0.2, 0.25) is 0 Å². The number of nitrogens with zero attached hydrogens (tertiary/aromatic N) is 1. The van der Waals surface area contributed by atoms with Crippen LogP contribution in [0.4, 0.5) is 4.39 Å². The Bertz CT molecular complexity index is 882. The van der Waals surface area contributed by atoms with E-state index in [1.807, 2.05) is 6.07 Å². The summed E-state index contributed by atoms with van der Waals surface area (Å²) in [5.74, 6) is 0.400. The summed E-state index contributed by atoms with van der Waals surface area (Å²) < 4.78 is 29.4. The lowest BCUT2D eigenvalue weighted by Gasteiger charge is -2.16. The topological polar surface area (TPSA) is 66.4 Å². The Morgan fingerprint density at radius 2 is 2.08 bits per heavy atom. The van der Waals surface area contributed by atoms with Gasteiger partial charge in [0.05, 0.1) is 5.71 Å². The van der Waals surface area contributed by atoms with Crippen LogP contribution in [0.5, 0.6) is 11.5 Å². The van der Waals surface area contributed by atoms with Crippen molar-refractivity contribution in [1.82, 2.24) is 0 Å². The quantitative estimate of drug-likeness (QED) is 0.785. The van der Waals surface area contributed by atoms with Crippen LogP contribution >= 0.6 is 0 Å². The van der Waals surface area contributed by atoms with E-state index in [1.54, 1.807) is 31.2 Å². The first kappa shape index (κ1) is 16.4. The molecule has 0 aromatic heterocycles. The maximum atomic E-state index is 13.3. The van der Waals surface area contributed by atoms with Crippen molar-refractivity contribution in [2.24, 2.45) is 5.16 Å². The van der Waals surface area contributed by atoms with Gasteiger partial charge in [0.2, 0.25) is 12.9 Å². The maximum absolute atomic E-state index is 13.3. The van der Waals surface area contributed by atoms with Crippen molar-refractivity contribution in [3.63, 3.8) is 0 Å². The number of hydrogen-bond donors (Lipinski definition) is 0. The van der Waals surface area contributed by atoms with E-state index in [1.165, 1.54) is 12.1 Å². The first-order valence-corrected chi connectivity index (χ1v) is 8.19. The van der Waals surface area contributed by atoms with Gasteiger partial charge in [-0.3, -0.25) is 0 Å². The summed E-state index contributed by atoms with van der Waals surface area (Å²) >= 11 is 0. The first-order chi connectivity index (χ1) is 12.6. The number of halogens is 1. The van der Waals surface area contributed by atoms with Crippen molar-refractivity contribution in [3.05, 3.63) is 59.4 Å². The minimum absolute atomic E-state index is 0.184. The normalized spacial score (nSPS) is 18.8. The summed E-state index contributed by atoms with van der Waals surface area (Å²) in [4.78, 5) is 17.5. The fourth-order valence-corrected chi connectivity index (χ4v) is 2.83. The molecule has 0 amide bonds. The number of hydrogen-bond acceptors (Lipinski definition) is 6. The maximum Gasteiger partial charge on any atom is 0.351 e. The number of benzene rings is 2. The Morgan fingerprint density at radius 3 is 2.92 bits per heavy atom. The zero-order valence-electron chi connectivity index (χ0n) is 14.0. The molecular weight excluding hydrogens is 341 g/mol. The Labute approximate surface area is 149 Å². The molecule has 0 N–H and O–H groups in total. The van der Waals surface area contributed by atoms with Crippen molar-refractivity contribution in [2.75, 3.05) is 6.79 Å². The average molecular weight is 357 g/mol. The second-order valence-electron chi connectivity index (χ2n) is 6.04. The van der Waals surface area contributed by atoms with Crippen molar-refractivity contribution >= 4 is 11.7 Å². The highest BCUT2D eigenvalue weighted by Gasteiger charge is 2.32. The number of oxime groups is 1. The Hall–Kier alpha value is -3.09. The Balaban J connectivity index is 1.38. The van der Waals surface area contributed by atoms with Crippen LogP contribution in [-0.4, -0.2) is 24.6 Å². The summed E-state index contributed by atoms with van der Waals surface area (Å²) in [7, 11) is 0. The van der Waals surface area contributed by atoms with Crippen LogP contribution in [-0.2, 0) is 14.4 Å². The predicted octanol–water partition coefficient (Wildman–Crippen LogP) is 3.35. The number of ether oxygens (including phenoxy) is 3. The molecular formula is C19H16FNO5. The SMILES string of the molecule is CC(OC(=O)C1CC(c2cccc(F)c2)=NO1)c1ccc2c(c1)OCO2. The Kier molecular flexibility index (Phi) is 4.20. The van der Waals surface area contributed by atoms with Crippen LogP contribution in [0.1, 0.15) is 30.6 Å². The molecule has 4 rings (SSSR count). The van der Waals surface area contributed by atoms with Gasteiger partial charge in [-0.15, -0.1) is 0 Å². The molecule has 0 radical (unpaired) electrons. The van der Waals surface area contributed by atoms with Gasteiger partial charge in [-0.2, -0.15) is 0 Å². The molecule has 0 spiro atoms. The third-order valence-corrected chi connectivity index (χ3v) is 4.25. The van der Waals surface area contributed by atoms with E-state index in [2.05, 4.69) is 5.16 Å². The zero-order valence-corrected chi connectivity index (χ0v) is 14.0. The average Bonchev–Trinajstić information content (AvgIpc) is 3.30. The van der Waals surface area contributed by atoms with Crippen molar-refractivity contribution in [3.8, 4) is 11.5 Å². The van der Waals surface area contributed by atoms with Crippen molar-refractivity contribution in [2.45, 2.75) is 25.6 Å². The molecule has 0 bridgehead atoms. The van der Waals surface area contributed by atoms with Crippen LogP contribution in [0.25, 0.3) is 0 Å². The van der Waals surface area contributed by atoms with Crippen molar-refractivity contribution in [1.29, 1.82) is 0 Å². The highest BCUT2D eigenvalue weighted by atomic mass is 19.1. The molecule has 2 atom stereocenters. The van der Waals surface area contributed by atoms with Gasteiger partial charge in [0.25, 0.3) is 0 Å². The second kappa shape index (κ2) is 6.67. The van der Waals surface area contributed by atoms with Gasteiger partial charge >= 0.3 is 5.97 Å². The highest BCUT2D eigenvalue weighted by molar-refractivity contribution is 6.03. The molecule has 6 nitrogen and oxygen atoms in total. The smallest absolute Gasteiger partial charge is 0.351 e. The molecule has 2 aliphatic heterocycles. The molecule has 2 unspecified atom stereocenters. The second-order valence-corrected chi connectivity index (χ2v) is 6.04. The third-order valence-electron chi connectivity index (χ3n) is 4.25. The standard InChI is InChI=1S/C19H16FNO5/c1-11(12-5-6-16-17(8-12)24-10-23-16)25-19(22)18-9-15(21-26-18)13-3-2-4-14(20)7-13/h2-8,11,18H,9-10H2,1H3. The lowest BCUT2D eigenvalue weighted by atomic mass is 10.0. The van der Waals surface area contributed by atoms with Gasteiger partial charge in [-0.25, -0.2) is 9.18 Å². The van der Waals surface area contributed by atoms with Crippen LogP contribution < -0.4 is 9.47 Å². The van der Waals surface area contributed by atoms with Crippen LogP contribution in [0, 0.1) is 5.82 Å². The van der Waals surface area contributed by atoms with Crippen molar-refractivity contribution < 1.29 is 28.2 Å². The lowest BCUT2D eigenvalue weighted by Crippen LogP contribution is -2.24. The summed E-state index contributed by atoms with van der Waals surface area (Å²) in [6, 6.07) is 11.4. The number of carbonyl (C=O) groups is 1. The van der Waals surface area contributed by atoms with E-state index in [4.69, 9.17) is 19.0 Å². The molecule has 2 aromatic rings. The van der Waals surface area contributed by atoms with E-state index in [0.717, 1.165) is 5.56 Å². The summed E-state index contributed by atoms with van der Waals surface area (Å²) in [5.41, 5.74) is 1.89. The first-order valence-electron chi connectivity index (χ1n) is 8.19. The lowest BCUT2D eigenvalue weighted by molar-refractivity contribution is -0.160. The van der Waals surface area contributed by atoms with E-state index < -0.39 is 18.2 Å². The number of fused-ring (bicyclic) bond motifs is 1. The molecule has 0 saturated heterocycles. The van der Waals surface area contributed by atoms with Crippen LogP contribution in [0.15, 0.2) is 47.6 Å². The van der Waals surface area contributed by atoms with Gasteiger partial charge in [-0.05, 0) is 36.8 Å². The van der Waals surface area contributed by atoms with E-state index in [9.17, 15) is 9.18 Å². The molecule has 26 heavy (non-hydrogen) atoms. The zero-order chi connectivity index (χ0) is 18.1. The van der Waals surface area contributed by atoms with Gasteiger partial charge in [0.15, 0.2) is 11.5 Å². The van der Waals surface area contributed by atoms with Crippen LogP contribution in [0.3, 0.4) is 0 Å². The molecule has 2 heterocycles. The van der Waals surface area contributed by atoms with E-state index in [-0.39, 0.29) is 19.0 Å². The number of rotatable bonds is 4. The molecule has 2 aromatic carbocycles. The highest BCUT2D eigenvalue weighted by Crippen LogP contribution is 2.35. The van der Waals surface area contributed by atoms with Gasteiger partial charge < -0.3 is 19.0 Å². The van der Waals surface area contributed by atoms with Gasteiger partial charge in [-0.1, -0.05) is 23.4 Å². The minimum atomic E-state index is -0.843. The summed E-state index contributed by atoms with van der Waals surface area (Å²) in [5, 5.41) is 3.89. The van der Waals surface area contributed by atoms with Gasteiger partial charge in [0.1, 0.15) is 11.9 Å². The molecule has 7 heteroatoms. The number of carbonyl (C=O) groups excluding carboxylic acids is 1. The third kappa shape index (κ3) is 3.20. The molecule has 134 valence electrons. The van der Waals surface area contributed by atoms with E-state index >= 15 is 0 Å². The molecule has 2 aliphatic rings. The monoisotopic (exact) mass is 357 g/mol. The summed E-state index contributed by atoms with van der Waals surface area (Å²) in [6.07, 6.45) is -1.10. The molecule has 0 saturated carbocycles. The molecule has 0 fully saturated rings. The molecule has 0 aliphatic carbocycles. The Morgan fingerprint density at radius 1 is 1.23 bits per heavy atom. The largest absolute Gasteiger partial charge is 0.455 e. The number of esters is 1. The fourth-order valence-electron chi connectivity index (χ4n) is 2.83. The predicted molar refractivity (Wildman–Crippen MR) is 89.5 cm³/mol. The van der Waals surface area contributed by atoms with Gasteiger partial charge in [0, 0.05) is 12.0 Å². The van der Waals surface area contributed by atoms with E-state index in [0.29, 0.717) is 22.8 Å².